The summed E-state index contributed by atoms with van der Waals surface area (Å²) in [7, 11) is 0. The minimum atomic E-state index is -1.06. The second-order valence-electron chi connectivity index (χ2n) is 8.34. The Morgan fingerprint density at radius 2 is 1.94 bits per heavy atom. The van der Waals surface area contributed by atoms with Crippen molar-refractivity contribution in [3.8, 4) is 5.69 Å². The number of aromatic carboxylic acids is 1. The van der Waals surface area contributed by atoms with E-state index >= 15 is 0 Å². The van der Waals surface area contributed by atoms with Crippen LogP contribution in [0.15, 0.2) is 41.2 Å². The number of hydrogen-bond acceptors (Lipinski definition) is 4. The lowest BCUT2D eigenvalue weighted by molar-refractivity contribution is 0.0697. The molecule has 0 saturated heterocycles. The number of aryl methyl sites for hydroxylation is 3. The highest BCUT2D eigenvalue weighted by Gasteiger charge is 2.23. The normalized spacial score (nSPS) is 14.2. The molecule has 4 aromatic rings. The van der Waals surface area contributed by atoms with E-state index < -0.39 is 5.97 Å². The molecule has 3 heterocycles. The standard InChI is InChI=1S/C25H21ClN4O3/c1-13-4-7-21(14(2)10-13)30-22(26)19(15(3)28-30)11-16-8-9-29-23(16)27-20-12-17(25(32)33)5-6-18(20)24(29)31/h4-7,10-12H,8-9H2,1-3H3,(H,32,33). The summed E-state index contributed by atoms with van der Waals surface area (Å²) in [6.45, 7) is 6.46. The molecule has 0 bridgehead atoms. The zero-order chi connectivity index (χ0) is 23.4. The first-order chi connectivity index (χ1) is 15.7. The Balaban J connectivity index is 1.64. The number of hydrogen-bond donors (Lipinski definition) is 1. The summed E-state index contributed by atoms with van der Waals surface area (Å²) in [5.41, 5.74) is 5.82. The first-order valence-electron chi connectivity index (χ1n) is 10.6. The Morgan fingerprint density at radius 1 is 1.15 bits per heavy atom. The lowest BCUT2D eigenvalue weighted by atomic mass is 10.1. The molecule has 0 spiro atoms. The number of fused-ring (bicyclic) bond motifs is 2. The lowest BCUT2D eigenvalue weighted by Crippen LogP contribution is -2.21. The molecule has 7 nitrogen and oxygen atoms in total. The van der Waals surface area contributed by atoms with Gasteiger partial charge in [0.2, 0.25) is 0 Å². The predicted molar refractivity (Wildman–Crippen MR) is 128 cm³/mol. The number of nitrogens with zero attached hydrogens (tertiary/aromatic N) is 4. The van der Waals surface area contributed by atoms with E-state index in [1.54, 1.807) is 9.25 Å². The van der Waals surface area contributed by atoms with Gasteiger partial charge < -0.3 is 5.11 Å². The van der Waals surface area contributed by atoms with Gasteiger partial charge in [0.1, 0.15) is 11.0 Å². The molecule has 8 heteroatoms. The largest absolute Gasteiger partial charge is 0.478 e. The smallest absolute Gasteiger partial charge is 0.335 e. The van der Waals surface area contributed by atoms with E-state index in [1.807, 2.05) is 39.0 Å². The van der Waals surface area contributed by atoms with Crippen LogP contribution in [0.4, 0.5) is 0 Å². The van der Waals surface area contributed by atoms with Gasteiger partial charge in [0.05, 0.1) is 27.8 Å². The summed E-state index contributed by atoms with van der Waals surface area (Å²) in [6, 6.07) is 10.5. The Kier molecular flexibility index (Phi) is 4.94. The van der Waals surface area contributed by atoms with Crippen molar-refractivity contribution in [3.63, 3.8) is 0 Å². The van der Waals surface area contributed by atoms with Crippen molar-refractivity contribution in [1.82, 2.24) is 19.3 Å². The molecular formula is C25H21ClN4O3. The fourth-order valence-corrected chi connectivity index (χ4v) is 4.66. The second kappa shape index (κ2) is 7.71. The van der Waals surface area contributed by atoms with Crippen LogP contribution in [0.2, 0.25) is 5.15 Å². The second-order valence-corrected chi connectivity index (χ2v) is 8.70. The third-order valence-corrected chi connectivity index (χ3v) is 6.40. The van der Waals surface area contributed by atoms with Gasteiger partial charge in [-0.1, -0.05) is 29.3 Å². The predicted octanol–water partition coefficient (Wildman–Crippen LogP) is 4.80. The highest BCUT2D eigenvalue weighted by Crippen LogP contribution is 2.32. The van der Waals surface area contributed by atoms with Crippen molar-refractivity contribution in [2.45, 2.75) is 33.7 Å². The number of halogens is 1. The molecule has 166 valence electrons. The van der Waals surface area contributed by atoms with E-state index in [4.69, 9.17) is 11.6 Å². The first-order valence-corrected chi connectivity index (χ1v) is 10.9. The average Bonchev–Trinajstić information content (AvgIpc) is 3.30. The van der Waals surface area contributed by atoms with Crippen molar-refractivity contribution in [3.05, 3.63) is 85.7 Å². The van der Waals surface area contributed by atoms with Gasteiger partial charge in [-0.3, -0.25) is 9.36 Å². The molecule has 2 aromatic carbocycles. The molecule has 0 fully saturated rings. The Bertz CT molecular complexity index is 1560. The van der Waals surface area contributed by atoms with Gasteiger partial charge in [-0.15, -0.1) is 0 Å². The van der Waals surface area contributed by atoms with E-state index in [9.17, 15) is 14.7 Å². The third kappa shape index (κ3) is 3.45. The maximum atomic E-state index is 13.0. The number of allylic oxidation sites excluding steroid dienone is 1. The minimum absolute atomic E-state index is 0.0940. The zero-order valence-electron chi connectivity index (χ0n) is 18.4. The number of carboxylic acid groups (broad SMARTS) is 1. The van der Waals surface area contributed by atoms with E-state index in [0.29, 0.717) is 34.8 Å². The van der Waals surface area contributed by atoms with Crippen LogP contribution in [0.5, 0.6) is 0 Å². The van der Waals surface area contributed by atoms with Crippen LogP contribution in [0.1, 0.15) is 45.0 Å². The van der Waals surface area contributed by atoms with Crippen LogP contribution >= 0.6 is 11.6 Å². The van der Waals surface area contributed by atoms with Crippen molar-refractivity contribution < 1.29 is 9.90 Å². The number of carboxylic acids is 1. The first kappa shape index (κ1) is 21.2. The van der Waals surface area contributed by atoms with Crippen molar-refractivity contribution >= 4 is 40.1 Å². The fraction of sp³-hybridized carbons (Fsp3) is 0.200. The fourth-order valence-electron chi connectivity index (χ4n) is 4.34. The highest BCUT2D eigenvalue weighted by atomic mass is 35.5. The minimum Gasteiger partial charge on any atom is -0.478 e. The van der Waals surface area contributed by atoms with E-state index in [-0.39, 0.29) is 11.1 Å². The van der Waals surface area contributed by atoms with E-state index in [1.165, 1.54) is 18.2 Å². The monoisotopic (exact) mass is 460 g/mol. The molecule has 0 atom stereocenters. The van der Waals surface area contributed by atoms with Crippen molar-refractivity contribution in [2.75, 3.05) is 0 Å². The quantitative estimate of drug-likeness (QED) is 0.474. The van der Waals surface area contributed by atoms with Gasteiger partial charge in [0.15, 0.2) is 0 Å². The summed E-state index contributed by atoms with van der Waals surface area (Å²) in [6.07, 6.45) is 2.55. The zero-order valence-corrected chi connectivity index (χ0v) is 19.1. The molecular weight excluding hydrogens is 440 g/mol. The van der Waals surface area contributed by atoms with Gasteiger partial charge in [-0.05, 0) is 68.7 Å². The maximum absolute atomic E-state index is 13.0. The van der Waals surface area contributed by atoms with Gasteiger partial charge in [0.25, 0.3) is 5.56 Å². The van der Waals surface area contributed by atoms with Gasteiger partial charge >= 0.3 is 5.97 Å². The molecule has 0 radical (unpaired) electrons. The van der Waals surface area contributed by atoms with E-state index in [2.05, 4.69) is 16.1 Å². The molecule has 1 aliphatic heterocycles. The summed E-state index contributed by atoms with van der Waals surface area (Å²) in [5, 5.41) is 14.8. The highest BCUT2D eigenvalue weighted by molar-refractivity contribution is 6.31. The lowest BCUT2D eigenvalue weighted by Gasteiger charge is -2.08. The van der Waals surface area contributed by atoms with Gasteiger partial charge in [-0.2, -0.15) is 5.10 Å². The van der Waals surface area contributed by atoms with Crippen LogP contribution in [0.3, 0.4) is 0 Å². The summed E-state index contributed by atoms with van der Waals surface area (Å²) in [4.78, 5) is 29.0. The van der Waals surface area contributed by atoms with Crippen LogP contribution in [-0.2, 0) is 6.54 Å². The number of benzene rings is 2. The average molecular weight is 461 g/mol. The van der Waals surface area contributed by atoms with Gasteiger partial charge in [0, 0.05) is 12.1 Å². The number of carbonyl (C=O) groups is 1. The topological polar surface area (TPSA) is 90.0 Å². The Morgan fingerprint density at radius 3 is 2.67 bits per heavy atom. The Hall–Kier alpha value is -3.71. The molecule has 0 unspecified atom stereocenters. The van der Waals surface area contributed by atoms with Crippen molar-refractivity contribution in [2.24, 2.45) is 0 Å². The summed E-state index contributed by atoms with van der Waals surface area (Å²) >= 11 is 6.77. The van der Waals surface area contributed by atoms with Crippen LogP contribution in [0, 0.1) is 20.8 Å². The number of aromatic nitrogens is 4. The maximum Gasteiger partial charge on any atom is 0.335 e. The van der Waals surface area contributed by atoms with Crippen molar-refractivity contribution in [1.29, 1.82) is 0 Å². The Labute approximate surface area is 194 Å². The van der Waals surface area contributed by atoms with Crippen LogP contribution in [-0.4, -0.2) is 30.4 Å². The summed E-state index contributed by atoms with van der Waals surface area (Å²) in [5.74, 6) is -0.527. The third-order valence-electron chi connectivity index (χ3n) is 6.04. The summed E-state index contributed by atoms with van der Waals surface area (Å²) < 4.78 is 3.36. The molecule has 33 heavy (non-hydrogen) atoms. The van der Waals surface area contributed by atoms with E-state index in [0.717, 1.165) is 33.6 Å². The molecule has 0 saturated carbocycles. The molecule has 5 rings (SSSR count). The van der Waals surface area contributed by atoms with Crippen LogP contribution < -0.4 is 5.56 Å². The molecule has 0 amide bonds. The number of rotatable bonds is 3. The SMILES string of the molecule is Cc1ccc(-n2nc(C)c(C=C3CCn4c3nc3cc(C(=O)O)ccc3c4=O)c2Cl)c(C)c1. The molecule has 1 N–H and O–H groups in total. The van der Waals surface area contributed by atoms with Crippen LogP contribution in [0.25, 0.3) is 28.2 Å². The molecule has 2 aromatic heterocycles. The van der Waals surface area contributed by atoms with Gasteiger partial charge in [-0.25, -0.2) is 14.5 Å². The molecule has 1 aliphatic rings. The molecule has 0 aliphatic carbocycles.